The van der Waals surface area contributed by atoms with Crippen molar-refractivity contribution in [2.45, 2.75) is 39.2 Å². The third kappa shape index (κ3) is 9.50. The van der Waals surface area contributed by atoms with E-state index >= 15 is 0 Å². The fourth-order valence-electron chi connectivity index (χ4n) is 0.783. The van der Waals surface area contributed by atoms with Crippen LogP contribution in [0.2, 0.25) is 0 Å². The molecule has 0 aliphatic heterocycles. The minimum Gasteiger partial charge on any atom is -0.385 e. The lowest BCUT2D eigenvalue weighted by atomic mass is 10.2. The molecule has 0 unspecified atom stereocenters. The summed E-state index contributed by atoms with van der Waals surface area (Å²) in [7, 11) is 1.64. The van der Waals surface area contributed by atoms with Gasteiger partial charge in [0.1, 0.15) is 6.61 Å². The van der Waals surface area contributed by atoms with Crippen LogP contribution in [0.1, 0.15) is 33.6 Å². The van der Waals surface area contributed by atoms with Crippen LogP contribution in [0.3, 0.4) is 0 Å². The molecule has 0 spiro atoms. The molecule has 0 aliphatic carbocycles. The fraction of sp³-hybridized carbons (Fsp3) is 0.900. The van der Waals surface area contributed by atoms with E-state index in [1.165, 1.54) is 0 Å². The molecule has 0 aromatic rings. The second kappa shape index (κ2) is 6.11. The molecular weight excluding hydrogens is 168 g/mol. The Balaban J connectivity index is 3.41. The number of carbonyl (C=O) groups is 1. The van der Waals surface area contributed by atoms with Crippen LogP contribution in [0, 0.1) is 0 Å². The van der Waals surface area contributed by atoms with Crippen molar-refractivity contribution >= 4 is 5.78 Å². The first kappa shape index (κ1) is 12.6. The average molecular weight is 188 g/mol. The quantitative estimate of drug-likeness (QED) is 0.596. The molecule has 0 aliphatic rings. The smallest absolute Gasteiger partial charge is 0.158 e. The van der Waals surface area contributed by atoms with Crippen molar-refractivity contribution in [2.75, 3.05) is 20.3 Å². The Morgan fingerprint density at radius 2 is 1.92 bits per heavy atom. The van der Waals surface area contributed by atoms with E-state index in [-0.39, 0.29) is 18.0 Å². The number of hydrogen-bond acceptors (Lipinski definition) is 3. The third-order valence-corrected chi connectivity index (χ3v) is 1.47. The van der Waals surface area contributed by atoms with Gasteiger partial charge in [-0.25, -0.2) is 0 Å². The van der Waals surface area contributed by atoms with Gasteiger partial charge in [0.05, 0.1) is 5.60 Å². The highest BCUT2D eigenvalue weighted by Gasteiger charge is 2.12. The molecule has 0 heterocycles. The molecule has 3 nitrogen and oxygen atoms in total. The van der Waals surface area contributed by atoms with Crippen molar-refractivity contribution in [3.63, 3.8) is 0 Å². The Hall–Kier alpha value is -0.410. The first-order valence-electron chi connectivity index (χ1n) is 4.60. The van der Waals surface area contributed by atoms with Crippen molar-refractivity contribution in [1.82, 2.24) is 0 Å². The lowest BCUT2D eigenvalue weighted by Gasteiger charge is -2.18. The van der Waals surface area contributed by atoms with E-state index in [0.717, 1.165) is 6.42 Å². The van der Waals surface area contributed by atoms with Crippen molar-refractivity contribution in [1.29, 1.82) is 0 Å². The Morgan fingerprint density at radius 3 is 2.38 bits per heavy atom. The summed E-state index contributed by atoms with van der Waals surface area (Å²) < 4.78 is 10.2. The predicted octanol–water partition coefficient (Wildman–Crippen LogP) is 1.80. The summed E-state index contributed by atoms with van der Waals surface area (Å²) in [6.07, 6.45) is 1.33. The zero-order valence-corrected chi connectivity index (χ0v) is 9.05. The van der Waals surface area contributed by atoms with Crippen molar-refractivity contribution in [2.24, 2.45) is 0 Å². The Kier molecular flexibility index (Phi) is 5.91. The maximum absolute atomic E-state index is 11.2. The molecule has 0 saturated carbocycles. The van der Waals surface area contributed by atoms with E-state index in [2.05, 4.69) is 0 Å². The Labute approximate surface area is 80.4 Å². The molecule has 0 saturated heterocycles. The van der Waals surface area contributed by atoms with E-state index < -0.39 is 0 Å². The van der Waals surface area contributed by atoms with Gasteiger partial charge in [0.2, 0.25) is 0 Å². The minimum absolute atomic E-state index is 0.145. The van der Waals surface area contributed by atoms with Gasteiger partial charge in [-0.2, -0.15) is 0 Å². The van der Waals surface area contributed by atoms with Crippen LogP contribution in [-0.2, 0) is 14.3 Å². The first-order valence-corrected chi connectivity index (χ1v) is 4.60. The van der Waals surface area contributed by atoms with Crippen LogP contribution >= 0.6 is 0 Å². The van der Waals surface area contributed by atoms with Gasteiger partial charge in [0.25, 0.3) is 0 Å². The summed E-state index contributed by atoms with van der Waals surface area (Å²) in [5, 5.41) is 0. The van der Waals surface area contributed by atoms with Crippen LogP contribution in [-0.4, -0.2) is 31.7 Å². The number of carbonyl (C=O) groups excluding carboxylic acids is 1. The van der Waals surface area contributed by atoms with Crippen LogP contribution in [0.15, 0.2) is 0 Å². The second-order valence-electron chi connectivity index (χ2n) is 4.04. The Morgan fingerprint density at radius 1 is 1.31 bits per heavy atom. The van der Waals surface area contributed by atoms with Gasteiger partial charge in [-0.1, -0.05) is 0 Å². The summed E-state index contributed by atoms with van der Waals surface area (Å²) in [4.78, 5) is 11.2. The summed E-state index contributed by atoms with van der Waals surface area (Å²) in [5.74, 6) is 0.145. The van der Waals surface area contributed by atoms with E-state index in [1.54, 1.807) is 7.11 Å². The highest BCUT2D eigenvalue weighted by Crippen LogP contribution is 2.06. The molecule has 0 amide bonds. The molecule has 0 N–H and O–H groups in total. The van der Waals surface area contributed by atoms with Crippen LogP contribution in [0.4, 0.5) is 0 Å². The van der Waals surface area contributed by atoms with Gasteiger partial charge < -0.3 is 9.47 Å². The SMILES string of the molecule is COCCCC(=O)COC(C)(C)C. The maximum Gasteiger partial charge on any atom is 0.158 e. The van der Waals surface area contributed by atoms with Gasteiger partial charge in [0, 0.05) is 20.1 Å². The zero-order valence-electron chi connectivity index (χ0n) is 9.05. The van der Waals surface area contributed by atoms with Crippen LogP contribution in [0.25, 0.3) is 0 Å². The summed E-state index contributed by atoms with van der Waals surface area (Å²) in [5.41, 5.74) is -0.225. The van der Waals surface area contributed by atoms with Crippen LogP contribution < -0.4 is 0 Å². The highest BCUT2D eigenvalue weighted by molar-refractivity contribution is 5.79. The van der Waals surface area contributed by atoms with Gasteiger partial charge in [0.15, 0.2) is 5.78 Å². The van der Waals surface area contributed by atoms with Crippen molar-refractivity contribution < 1.29 is 14.3 Å². The number of ketones is 1. The molecule has 0 aromatic carbocycles. The van der Waals surface area contributed by atoms with Gasteiger partial charge in [-0.3, -0.25) is 4.79 Å². The minimum atomic E-state index is -0.225. The largest absolute Gasteiger partial charge is 0.385 e. The Bertz CT molecular complexity index is 147. The van der Waals surface area contributed by atoms with E-state index in [0.29, 0.717) is 13.0 Å². The molecule has 3 heteroatoms. The fourth-order valence-corrected chi connectivity index (χ4v) is 0.783. The molecular formula is C10H20O3. The average Bonchev–Trinajstić information content (AvgIpc) is 2.00. The van der Waals surface area contributed by atoms with Gasteiger partial charge >= 0.3 is 0 Å². The van der Waals surface area contributed by atoms with Crippen LogP contribution in [0.5, 0.6) is 0 Å². The second-order valence-corrected chi connectivity index (χ2v) is 4.04. The monoisotopic (exact) mass is 188 g/mol. The molecule has 0 rings (SSSR count). The molecule has 0 fully saturated rings. The lowest BCUT2D eigenvalue weighted by Crippen LogP contribution is -2.23. The standard InChI is InChI=1S/C10H20O3/c1-10(2,3)13-8-9(11)6-5-7-12-4/h5-8H2,1-4H3. The molecule has 0 atom stereocenters. The highest BCUT2D eigenvalue weighted by atomic mass is 16.5. The molecule has 0 bridgehead atoms. The van der Waals surface area contributed by atoms with E-state index in [9.17, 15) is 4.79 Å². The number of Topliss-reactive ketones (excluding diaryl/α,β-unsaturated/α-hetero) is 1. The predicted molar refractivity (Wildman–Crippen MR) is 51.8 cm³/mol. The van der Waals surface area contributed by atoms with Gasteiger partial charge in [-0.05, 0) is 27.2 Å². The lowest BCUT2D eigenvalue weighted by molar-refractivity contribution is -0.128. The normalized spacial score (nSPS) is 11.7. The number of ether oxygens (including phenoxy) is 2. The number of methoxy groups -OCH3 is 1. The summed E-state index contributed by atoms with van der Waals surface area (Å²) in [6.45, 7) is 6.68. The van der Waals surface area contributed by atoms with E-state index in [1.807, 2.05) is 20.8 Å². The molecule has 0 aromatic heterocycles. The zero-order chi connectivity index (χ0) is 10.3. The number of hydrogen-bond donors (Lipinski definition) is 0. The molecule has 78 valence electrons. The molecule has 13 heavy (non-hydrogen) atoms. The van der Waals surface area contributed by atoms with Gasteiger partial charge in [-0.15, -0.1) is 0 Å². The van der Waals surface area contributed by atoms with Crippen molar-refractivity contribution in [3.05, 3.63) is 0 Å². The summed E-state index contributed by atoms with van der Waals surface area (Å²) >= 11 is 0. The van der Waals surface area contributed by atoms with Crippen molar-refractivity contribution in [3.8, 4) is 0 Å². The topological polar surface area (TPSA) is 35.5 Å². The molecule has 0 radical (unpaired) electrons. The first-order chi connectivity index (χ1) is 5.95. The van der Waals surface area contributed by atoms with E-state index in [4.69, 9.17) is 9.47 Å². The maximum atomic E-state index is 11.2. The summed E-state index contributed by atoms with van der Waals surface area (Å²) in [6, 6.07) is 0. The third-order valence-electron chi connectivity index (χ3n) is 1.47. The number of rotatable bonds is 6.